The van der Waals surface area contributed by atoms with Crippen LogP contribution in [-0.4, -0.2) is 56.7 Å². The molecule has 2 aromatic rings. The number of nitrogens with zero attached hydrogens (tertiary/aromatic N) is 3. The second kappa shape index (κ2) is 7.91. The third kappa shape index (κ3) is 3.82. The fourth-order valence-corrected chi connectivity index (χ4v) is 4.38. The summed E-state index contributed by atoms with van der Waals surface area (Å²) in [6, 6.07) is 1.12. The highest BCUT2D eigenvalue weighted by atomic mass is 35.5. The van der Waals surface area contributed by atoms with Crippen molar-refractivity contribution in [1.29, 1.82) is 0 Å². The summed E-state index contributed by atoms with van der Waals surface area (Å²) < 4.78 is 49.5. The molecule has 2 aliphatic rings. The SMILES string of the molecule is CC(C)(C)OC(=O)N1CCCC1C(=O)NC1(C(F)(F)F)C(=O)Nc2nc3cc(Cl)c(Cl)cc3n21. The van der Waals surface area contributed by atoms with Crippen LogP contribution in [0.4, 0.5) is 23.9 Å². The maximum absolute atomic E-state index is 14.6. The van der Waals surface area contributed by atoms with Crippen LogP contribution in [0.3, 0.4) is 0 Å². The first-order valence-electron chi connectivity index (χ1n) is 10.2. The number of hydrogen-bond acceptors (Lipinski definition) is 5. The van der Waals surface area contributed by atoms with Crippen molar-refractivity contribution in [3.05, 3.63) is 22.2 Å². The standard InChI is InChI=1S/C20H20Cl2F3N5O4/c1-18(2,3)34-17(33)29-6-4-5-12(29)14(31)28-19(20(23,24)25)15(32)27-16-26-11-7-9(21)10(22)8-13(11)30(16)19/h7-8,12H,4-6H2,1-3H3,(H,28,31)(H,26,27,32). The van der Waals surface area contributed by atoms with Crippen LogP contribution in [0.25, 0.3) is 11.0 Å². The van der Waals surface area contributed by atoms with Crippen LogP contribution in [0.5, 0.6) is 0 Å². The van der Waals surface area contributed by atoms with Crippen molar-refractivity contribution in [1.82, 2.24) is 19.8 Å². The highest BCUT2D eigenvalue weighted by Crippen LogP contribution is 2.45. The van der Waals surface area contributed by atoms with Crippen LogP contribution in [0, 0.1) is 0 Å². The number of carbonyl (C=O) groups excluding carboxylic acids is 3. The molecule has 0 bridgehead atoms. The largest absolute Gasteiger partial charge is 0.444 e. The molecule has 0 saturated carbocycles. The summed E-state index contributed by atoms with van der Waals surface area (Å²) in [6.45, 7) is 4.99. The molecule has 1 saturated heterocycles. The lowest BCUT2D eigenvalue weighted by Crippen LogP contribution is -2.65. The Balaban J connectivity index is 1.76. The maximum atomic E-state index is 14.6. The summed E-state index contributed by atoms with van der Waals surface area (Å²) in [7, 11) is 0. The van der Waals surface area contributed by atoms with E-state index in [0.717, 1.165) is 11.0 Å². The highest BCUT2D eigenvalue weighted by molar-refractivity contribution is 6.42. The van der Waals surface area contributed by atoms with Gasteiger partial charge in [0.2, 0.25) is 11.9 Å². The fraction of sp³-hybridized carbons (Fsp3) is 0.500. The van der Waals surface area contributed by atoms with Crippen LogP contribution in [-0.2, 0) is 20.0 Å². The van der Waals surface area contributed by atoms with E-state index in [0.29, 0.717) is 11.0 Å². The van der Waals surface area contributed by atoms with E-state index in [-0.39, 0.29) is 34.0 Å². The number of nitrogens with one attached hydrogen (secondary N) is 2. The molecule has 2 atom stereocenters. The van der Waals surface area contributed by atoms with Gasteiger partial charge in [-0.3, -0.25) is 24.4 Å². The number of aromatic nitrogens is 2. The second-order valence-corrected chi connectivity index (χ2v) is 9.82. The van der Waals surface area contributed by atoms with E-state index in [4.69, 9.17) is 27.9 Å². The lowest BCUT2D eigenvalue weighted by Gasteiger charge is -2.34. The monoisotopic (exact) mass is 521 g/mol. The lowest BCUT2D eigenvalue weighted by molar-refractivity contribution is -0.218. The zero-order chi connectivity index (χ0) is 25.2. The number of halogens is 5. The van der Waals surface area contributed by atoms with Gasteiger partial charge < -0.3 is 10.1 Å². The number of rotatable bonds is 2. The molecule has 2 N–H and O–H groups in total. The molecule has 0 radical (unpaired) electrons. The molecule has 2 unspecified atom stereocenters. The minimum absolute atomic E-state index is 0.0310. The quantitative estimate of drug-likeness (QED) is 0.620. The van der Waals surface area contributed by atoms with Crippen LogP contribution in [0.15, 0.2) is 12.1 Å². The van der Waals surface area contributed by atoms with Gasteiger partial charge in [0.05, 0.1) is 21.1 Å². The molecular formula is C20H20Cl2F3N5O4. The number of alkyl halides is 3. The third-order valence-corrected chi connectivity index (χ3v) is 6.21. The fourth-order valence-electron chi connectivity index (χ4n) is 4.07. The number of fused-ring (bicyclic) bond motifs is 3. The van der Waals surface area contributed by atoms with Gasteiger partial charge in [0.1, 0.15) is 11.6 Å². The Labute approximate surface area is 201 Å². The Kier molecular flexibility index (Phi) is 5.67. The first kappa shape index (κ1) is 24.4. The predicted molar refractivity (Wildman–Crippen MR) is 117 cm³/mol. The molecule has 3 amide bonds. The summed E-state index contributed by atoms with van der Waals surface area (Å²) in [6.07, 6.45) is -5.65. The summed E-state index contributed by atoms with van der Waals surface area (Å²) >= 11 is 12.0. The molecular weight excluding hydrogens is 502 g/mol. The van der Waals surface area contributed by atoms with Crippen LogP contribution < -0.4 is 10.6 Å². The number of likely N-dealkylation sites (tertiary alicyclic amines) is 1. The Hall–Kier alpha value is -2.73. The predicted octanol–water partition coefficient (Wildman–Crippen LogP) is 4.03. The molecule has 0 spiro atoms. The summed E-state index contributed by atoms with van der Waals surface area (Å²) in [5, 5.41) is 3.92. The molecule has 34 heavy (non-hydrogen) atoms. The number of ether oxygens (including phenoxy) is 1. The number of benzene rings is 1. The Morgan fingerprint density at radius 2 is 1.88 bits per heavy atom. The summed E-state index contributed by atoms with van der Waals surface area (Å²) in [5.41, 5.74) is -4.53. The van der Waals surface area contributed by atoms with Crippen molar-refractivity contribution in [3.8, 4) is 0 Å². The smallest absolute Gasteiger partial charge is 0.440 e. The molecule has 14 heteroatoms. The van der Waals surface area contributed by atoms with Crippen molar-refractivity contribution in [2.75, 3.05) is 11.9 Å². The molecule has 9 nitrogen and oxygen atoms in total. The molecule has 3 heterocycles. The molecule has 1 aromatic heterocycles. The highest BCUT2D eigenvalue weighted by Gasteiger charge is 2.68. The lowest BCUT2D eigenvalue weighted by atomic mass is 10.1. The van der Waals surface area contributed by atoms with Crippen LogP contribution in [0.2, 0.25) is 10.0 Å². The minimum Gasteiger partial charge on any atom is -0.444 e. The zero-order valence-electron chi connectivity index (χ0n) is 18.2. The Bertz CT molecular complexity index is 1210. The minimum atomic E-state index is -5.28. The Morgan fingerprint density at radius 1 is 1.24 bits per heavy atom. The molecule has 1 aromatic carbocycles. The van der Waals surface area contributed by atoms with Gasteiger partial charge in [-0.05, 0) is 45.7 Å². The average molecular weight is 522 g/mol. The van der Waals surface area contributed by atoms with Gasteiger partial charge in [-0.25, -0.2) is 9.78 Å². The van der Waals surface area contributed by atoms with Crippen LogP contribution >= 0.6 is 23.2 Å². The molecule has 0 aliphatic carbocycles. The molecule has 184 valence electrons. The number of hydrogen-bond donors (Lipinski definition) is 2. The maximum Gasteiger partial charge on any atom is 0.440 e. The molecule has 4 rings (SSSR count). The first-order valence-corrected chi connectivity index (χ1v) is 11.0. The van der Waals surface area contributed by atoms with Gasteiger partial charge >= 0.3 is 12.3 Å². The molecule has 2 aliphatic heterocycles. The number of carbonyl (C=O) groups is 3. The molecule has 1 fully saturated rings. The van der Waals surface area contributed by atoms with Gasteiger partial charge in [0.25, 0.3) is 11.6 Å². The van der Waals surface area contributed by atoms with E-state index in [9.17, 15) is 27.6 Å². The average Bonchev–Trinajstić information content (AvgIpc) is 3.35. The van der Waals surface area contributed by atoms with E-state index < -0.39 is 47.3 Å². The number of amides is 3. The summed E-state index contributed by atoms with van der Waals surface area (Å²) in [5.74, 6) is -3.15. The van der Waals surface area contributed by atoms with Crippen molar-refractivity contribution in [2.45, 2.75) is 57.1 Å². The van der Waals surface area contributed by atoms with Gasteiger partial charge in [0.15, 0.2) is 0 Å². The van der Waals surface area contributed by atoms with E-state index in [2.05, 4.69) is 10.3 Å². The number of anilines is 1. The van der Waals surface area contributed by atoms with Crippen molar-refractivity contribution in [2.24, 2.45) is 0 Å². The van der Waals surface area contributed by atoms with Crippen molar-refractivity contribution < 1.29 is 32.3 Å². The van der Waals surface area contributed by atoms with Gasteiger partial charge in [-0.1, -0.05) is 23.2 Å². The van der Waals surface area contributed by atoms with Crippen molar-refractivity contribution in [3.63, 3.8) is 0 Å². The topological polar surface area (TPSA) is 106 Å². The van der Waals surface area contributed by atoms with Crippen molar-refractivity contribution >= 4 is 58.1 Å². The van der Waals surface area contributed by atoms with E-state index in [1.54, 1.807) is 20.8 Å². The third-order valence-electron chi connectivity index (χ3n) is 5.48. The Morgan fingerprint density at radius 3 is 2.50 bits per heavy atom. The van der Waals surface area contributed by atoms with Crippen LogP contribution in [0.1, 0.15) is 33.6 Å². The second-order valence-electron chi connectivity index (χ2n) is 9.01. The first-order chi connectivity index (χ1) is 15.7. The van der Waals surface area contributed by atoms with Gasteiger partial charge in [-0.2, -0.15) is 13.2 Å². The van der Waals surface area contributed by atoms with E-state index in [1.165, 1.54) is 6.07 Å². The zero-order valence-corrected chi connectivity index (χ0v) is 19.7. The van der Waals surface area contributed by atoms with E-state index in [1.807, 2.05) is 5.32 Å². The number of imidazole rings is 1. The van der Waals surface area contributed by atoms with E-state index >= 15 is 0 Å². The summed E-state index contributed by atoms with van der Waals surface area (Å²) in [4.78, 5) is 43.5. The van der Waals surface area contributed by atoms with Gasteiger partial charge in [-0.15, -0.1) is 0 Å². The normalized spacial score (nSPS) is 22.6. The van der Waals surface area contributed by atoms with Gasteiger partial charge in [0, 0.05) is 6.54 Å².